The maximum atomic E-state index is 13.8. The number of carbonyl (C=O) groups excluding carboxylic acids is 3. The van der Waals surface area contributed by atoms with Gasteiger partial charge in [0.05, 0.1) is 23.9 Å². The molecule has 4 aliphatic rings. The highest BCUT2D eigenvalue weighted by Crippen LogP contribution is 2.60. The van der Waals surface area contributed by atoms with Gasteiger partial charge in [-0.1, -0.05) is 12.1 Å². The van der Waals surface area contributed by atoms with Crippen LogP contribution in [0.5, 0.6) is 5.75 Å². The molecule has 6 N–H and O–H groups in total. The van der Waals surface area contributed by atoms with E-state index < -0.39 is 75.0 Å². The topological polar surface area (TPSA) is 171 Å². The third-order valence-corrected chi connectivity index (χ3v) is 8.33. The number of phenolic OH excluding ortho intramolecular Hbond substituents is 1. The number of rotatable bonds is 4. The van der Waals surface area contributed by atoms with Gasteiger partial charge in [-0.3, -0.25) is 24.2 Å². The van der Waals surface area contributed by atoms with Crippen molar-refractivity contribution in [3.05, 3.63) is 52.0 Å². The second-order valence-electron chi connectivity index (χ2n) is 10.7. The van der Waals surface area contributed by atoms with Crippen LogP contribution < -0.4 is 5.32 Å². The van der Waals surface area contributed by atoms with Gasteiger partial charge in [-0.15, -0.1) is 0 Å². The molecule has 0 saturated carbocycles. The summed E-state index contributed by atoms with van der Waals surface area (Å²) in [6, 6.07) is 2.92. The Morgan fingerprint density at radius 1 is 1.14 bits per heavy atom. The lowest BCUT2D eigenvalue weighted by molar-refractivity contribution is -0.151. The number of hydrogen-bond acceptors (Lipinski definition) is 10. The third-order valence-electron chi connectivity index (χ3n) is 8.33. The fourth-order valence-electron chi connectivity index (χ4n) is 6.61. The predicted octanol–water partition coefficient (Wildman–Crippen LogP) is 0.0797. The average molecular weight is 514 g/mol. The number of nitrogens with one attached hydrogen (secondary N) is 1. The number of hydrogen-bond donors (Lipinski definition) is 6. The molecule has 5 rings (SSSR count). The first-order chi connectivity index (χ1) is 17.3. The Labute approximate surface area is 213 Å². The van der Waals surface area contributed by atoms with Gasteiger partial charge >= 0.3 is 0 Å². The van der Waals surface area contributed by atoms with E-state index in [9.17, 15) is 39.9 Å². The number of likely N-dealkylation sites (tertiary alicyclic amines) is 1. The number of aromatic hydroxyl groups is 1. The fourth-order valence-corrected chi connectivity index (χ4v) is 6.61. The average Bonchev–Trinajstić information content (AvgIpc) is 3.43. The third kappa shape index (κ3) is 3.31. The largest absolute Gasteiger partial charge is 0.510 e. The number of aliphatic hydroxyl groups excluding tert-OH is 2. The Balaban J connectivity index is 1.66. The second kappa shape index (κ2) is 8.38. The van der Waals surface area contributed by atoms with Crippen LogP contribution in [0, 0.1) is 11.8 Å². The first kappa shape index (κ1) is 25.4. The lowest BCUT2D eigenvalue weighted by Crippen LogP contribution is -2.62. The molecule has 1 aromatic carbocycles. The van der Waals surface area contributed by atoms with E-state index >= 15 is 0 Å². The number of fused-ring (bicyclic) bond motifs is 4. The molecule has 0 bridgehead atoms. The van der Waals surface area contributed by atoms with Crippen LogP contribution in [-0.4, -0.2) is 98.3 Å². The van der Waals surface area contributed by atoms with Gasteiger partial charge in [0.25, 0.3) is 5.91 Å². The highest BCUT2D eigenvalue weighted by Gasteiger charge is 2.71. The van der Waals surface area contributed by atoms with E-state index in [0.717, 1.165) is 25.9 Å². The maximum Gasteiger partial charge on any atom is 0.259 e. The quantitative estimate of drug-likeness (QED) is 0.303. The number of ketones is 2. The number of likely N-dealkylation sites (N-methyl/N-ethyl adjacent to an activating group) is 1. The van der Waals surface area contributed by atoms with Gasteiger partial charge in [0.2, 0.25) is 5.78 Å². The van der Waals surface area contributed by atoms with Gasteiger partial charge in [-0.2, -0.15) is 0 Å². The lowest BCUT2D eigenvalue weighted by atomic mass is 9.60. The van der Waals surface area contributed by atoms with Crippen molar-refractivity contribution in [3.8, 4) is 5.75 Å². The SMILES string of the molecule is CN(C)[C@@H]1C(O)=C(C(=O)NCN2CCCC2)C(=O)[C@@]2(O)C(O)=C3C(=O)c4c(O)cccc4[C@@](C)(O)C3C12. The zero-order chi connectivity index (χ0) is 27.0. The molecule has 37 heavy (non-hydrogen) atoms. The molecule has 198 valence electrons. The Morgan fingerprint density at radius 2 is 1.78 bits per heavy atom. The Kier molecular flexibility index (Phi) is 5.76. The summed E-state index contributed by atoms with van der Waals surface area (Å²) < 4.78 is 0. The van der Waals surface area contributed by atoms with Crippen molar-refractivity contribution in [1.29, 1.82) is 0 Å². The zero-order valence-corrected chi connectivity index (χ0v) is 20.9. The molecular formula is C26H31N3O8. The molecule has 11 heteroatoms. The van der Waals surface area contributed by atoms with E-state index in [1.807, 2.05) is 4.90 Å². The van der Waals surface area contributed by atoms with Crippen molar-refractivity contribution in [2.75, 3.05) is 33.9 Å². The Bertz CT molecular complexity index is 1280. The summed E-state index contributed by atoms with van der Waals surface area (Å²) in [6.07, 6.45) is 1.95. The van der Waals surface area contributed by atoms with Crippen molar-refractivity contribution in [1.82, 2.24) is 15.1 Å². The van der Waals surface area contributed by atoms with Crippen LogP contribution in [0.15, 0.2) is 40.9 Å². The van der Waals surface area contributed by atoms with Gasteiger partial charge in [-0.25, -0.2) is 0 Å². The van der Waals surface area contributed by atoms with Crippen LogP contribution in [-0.2, 0) is 15.2 Å². The lowest BCUT2D eigenvalue weighted by Gasteiger charge is -2.48. The molecule has 3 aliphatic carbocycles. The van der Waals surface area contributed by atoms with Gasteiger partial charge in [0, 0.05) is 17.4 Å². The number of aliphatic hydroxyl groups is 4. The van der Waals surface area contributed by atoms with E-state index in [-0.39, 0.29) is 17.8 Å². The van der Waals surface area contributed by atoms with Crippen molar-refractivity contribution >= 4 is 17.5 Å². The summed E-state index contributed by atoms with van der Waals surface area (Å²) in [5.41, 5.74) is -6.05. The molecule has 1 heterocycles. The number of carbonyl (C=O) groups is 3. The van der Waals surface area contributed by atoms with Crippen LogP contribution in [0.4, 0.5) is 0 Å². The summed E-state index contributed by atoms with van der Waals surface area (Å²) in [7, 11) is 3.09. The van der Waals surface area contributed by atoms with E-state index in [0.29, 0.717) is 0 Å². The van der Waals surface area contributed by atoms with E-state index in [2.05, 4.69) is 5.32 Å². The molecule has 1 aliphatic heterocycles. The molecule has 0 aromatic heterocycles. The number of phenols is 1. The molecular weight excluding hydrogens is 482 g/mol. The molecule has 0 radical (unpaired) electrons. The zero-order valence-electron chi connectivity index (χ0n) is 20.9. The van der Waals surface area contributed by atoms with Crippen molar-refractivity contribution < 1.29 is 39.9 Å². The first-order valence-electron chi connectivity index (χ1n) is 12.3. The monoisotopic (exact) mass is 513 g/mol. The van der Waals surface area contributed by atoms with Crippen LogP contribution in [0.3, 0.4) is 0 Å². The molecule has 11 nitrogen and oxygen atoms in total. The Morgan fingerprint density at radius 3 is 2.41 bits per heavy atom. The summed E-state index contributed by atoms with van der Waals surface area (Å²) in [5.74, 6) is -7.83. The van der Waals surface area contributed by atoms with Gasteiger partial charge < -0.3 is 30.8 Å². The molecule has 1 amide bonds. The predicted molar refractivity (Wildman–Crippen MR) is 130 cm³/mol. The molecule has 5 atom stereocenters. The van der Waals surface area contributed by atoms with Crippen LogP contribution in [0.2, 0.25) is 0 Å². The minimum atomic E-state index is -2.78. The molecule has 0 spiro atoms. The highest BCUT2D eigenvalue weighted by atomic mass is 16.4. The normalized spacial score (nSPS) is 33.6. The first-order valence-corrected chi connectivity index (χ1v) is 12.3. The highest BCUT2D eigenvalue weighted by molar-refractivity contribution is 6.25. The molecule has 1 aromatic rings. The number of nitrogens with zero attached hydrogens (tertiary/aromatic N) is 2. The fraction of sp³-hybridized carbons (Fsp3) is 0.500. The minimum absolute atomic E-state index is 0.0610. The van der Waals surface area contributed by atoms with Gasteiger partial charge in [-0.05, 0) is 58.6 Å². The molecule has 1 fully saturated rings. The minimum Gasteiger partial charge on any atom is -0.510 e. The number of Topliss-reactive ketones (excluding diaryl/α,β-unsaturated/α-hetero) is 2. The molecule has 1 saturated heterocycles. The van der Waals surface area contributed by atoms with Gasteiger partial charge in [0.1, 0.15) is 22.8 Å². The van der Waals surface area contributed by atoms with E-state index in [1.54, 1.807) is 14.1 Å². The van der Waals surface area contributed by atoms with Gasteiger partial charge in [0.15, 0.2) is 11.4 Å². The summed E-state index contributed by atoms with van der Waals surface area (Å²) in [4.78, 5) is 43.9. The maximum absolute atomic E-state index is 13.8. The second-order valence-corrected chi connectivity index (χ2v) is 10.7. The summed E-state index contributed by atoms with van der Waals surface area (Å²) >= 11 is 0. The number of amides is 1. The Hall–Kier alpha value is -3.25. The van der Waals surface area contributed by atoms with Crippen molar-refractivity contribution in [3.63, 3.8) is 0 Å². The molecule has 2 unspecified atom stereocenters. The van der Waals surface area contributed by atoms with Crippen LogP contribution in [0.1, 0.15) is 35.7 Å². The van der Waals surface area contributed by atoms with E-state index in [1.165, 1.54) is 30.0 Å². The van der Waals surface area contributed by atoms with Crippen molar-refractivity contribution in [2.45, 2.75) is 37.0 Å². The standard InChI is InChI=1S/C26H31N3O8/c1-25(36)12-7-6-8-13(30)14(12)20(31)15-17(25)18-19(28(2)3)21(32)16(23(34)26(18,37)22(15)33)24(35)27-11-29-9-4-5-10-29/h6-8,17-19,30,32-33,36-37H,4-5,9-11H2,1-3H3,(H,27,35)/t17?,18?,19-,25+,26-/m0/s1. The summed E-state index contributed by atoms with van der Waals surface area (Å²) in [6.45, 7) is 3.03. The van der Waals surface area contributed by atoms with Crippen LogP contribution >= 0.6 is 0 Å². The number of benzene rings is 1. The van der Waals surface area contributed by atoms with Crippen molar-refractivity contribution in [2.24, 2.45) is 11.8 Å². The summed E-state index contributed by atoms with van der Waals surface area (Å²) in [5, 5.41) is 59.2. The van der Waals surface area contributed by atoms with Crippen LogP contribution in [0.25, 0.3) is 0 Å². The van der Waals surface area contributed by atoms with E-state index in [4.69, 9.17) is 0 Å². The smallest absolute Gasteiger partial charge is 0.259 e.